The summed E-state index contributed by atoms with van der Waals surface area (Å²) in [5.74, 6) is -0.503. The van der Waals surface area contributed by atoms with Crippen LogP contribution in [-0.4, -0.2) is 25.2 Å². The number of carboxylic acids is 1. The average molecular weight is 484 g/mol. The van der Waals surface area contributed by atoms with E-state index in [2.05, 4.69) is 30.5 Å². The lowest BCUT2D eigenvalue weighted by molar-refractivity contribution is -0.139. The number of rotatable bonds is 8. The van der Waals surface area contributed by atoms with Gasteiger partial charge in [0.1, 0.15) is 5.82 Å². The van der Waals surface area contributed by atoms with Crippen molar-refractivity contribution < 1.29 is 9.90 Å². The SMILES string of the molecule is CCCC(C(=O)O)c1c(-c2ccc(C(C)C)cc2)c2c(nc3n2CCC3)n(Cc2ccccc2)c1=O. The van der Waals surface area contributed by atoms with Crippen molar-refractivity contribution in [1.29, 1.82) is 0 Å². The van der Waals surface area contributed by atoms with Crippen LogP contribution in [0.5, 0.6) is 0 Å². The maximum Gasteiger partial charge on any atom is 0.311 e. The maximum absolute atomic E-state index is 14.3. The van der Waals surface area contributed by atoms with E-state index in [-0.39, 0.29) is 5.56 Å². The van der Waals surface area contributed by atoms with E-state index in [0.717, 1.165) is 47.4 Å². The molecule has 5 rings (SSSR count). The van der Waals surface area contributed by atoms with Gasteiger partial charge in [-0.15, -0.1) is 0 Å². The molecule has 1 atom stereocenters. The summed E-state index contributed by atoms with van der Waals surface area (Å²) in [6, 6.07) is 18.1. The number of aromatic nitrogens is 3. The number of imidazole rings is 1. The molecule has 6 nitrogen and oxygen atoms in total. The Morgan fingerprint density at radius 2 is 1.81 bits per heavy atom. The Balaban J connectivity index is 1.87. The summed E-state index contributed by atoms with van der Waals surface area (Å²) in [6.07, 6.45) is 2.92. The van der Waals surface area contributed by atoms with E-state index in [1.54, 1.807) is 4.57 Å². The second-order valence-electron chi connectivity index (χ2n) is 10.1. The van der Waals surface area contributed by atoms with Crippen LogP contribution >= 0.6 is 0 Å². The lowest BCUT2D eigenvalue weighted by Crippen LogP contribution is -2.30. The molecular formula is C30H33N3O3. The fourth-order valence-corrected chi connectivity index (χ4v) is 5.47. The maximum atomic E-state index is 14.3. The molecule has 3 heterocycles. The Kier molecular flexibility index (Phi) is 6.52. The highest BCUT2D eigenvalue weighted by molar-refractivity contribution is 5.95. The number of nitrogens with zero attached hydrogens (tertiary/aromatic N) is 3. The van der Waals surface area contributed by atoms with Gasteiger partial charge in [0.15, 0.2) is 5.65 Å². The first kappa shape index (κ1) is 24.0. The number of hydrogen-bond acceptors (Lipinski definition) is 3. The van der Waals surface area contributed by atoms with Gasteiger partial charge in [0, 0.05) is 24.1 Å². The highest BCUT2D eigenvalue weighted by Crippen LogP contribution is 2.38. The quantitative estimate of drug-likeness (QED) is 0.336. The lowest BCUT2D eigenvalue weighted by atomic mass is 9.87. The standard InChI is InChI=1S/C30H33N3O3/c1-4-9-23(30(35)36)26-25(22-15-13-21(14-16-22)19(2)3)27-28(31-24-12-8-17-32(24)27)33(29(26)34)18-20-10-6-5-7-11-20/h5-7,10-11,13-16,19,23H,4,8-9,12,17-18H2,1-3H3,(H,35,36). The van der Waals surface area contributed by atoms with Gasteiger partial charge in [-0.1, -0.05) is 81.8 Å². The first-order valence-corrected chi connectivity index (χ1v) is 12.9. The highest BCUT2D eigenvalue weighted by atomic mass is 16.4. The van der Waals surface area contributed by atoms with E-state index in [0.29, 0.717) is 36.5 Å². The lowest BCUT2D eigenvalue weighted by Gasteiger charge is -2.21. The summed E-state index contributed by atoms with van der Waals surface area (Å²) in [5, 5.41) is 10.3. The van der Waals surface area contributed by atoms with Crippen LogP contribution in [-0.2, 0) is 24.3 Å². The normalized spacial score (nSPS) is 13.9. The molecule has 186 valence electrons. The number of benzene rings is 2. The van der Waals surface area contributed by atoms with E-state index in [9.17, 15) is 14.7 Å². The number of carboxylic acid groups (broad SMARTS) is 1. The Morgan fingerprint density at radius 3 is 2.44 bits per heavy atom. The zero-order chi connectivity index (χ0) is 25.4. The van der Waals surface area contributed by atoms with E-state index < -0.39 is 11.9 Å². The van der Waals surface area contributed by atoms with Crippen molar-refractivity contribution >= 4 is 17.1 Å². The number of carbonyl (C=O) groups is 1. The van der Waals surface area contributed by atoms with Crippen LogP contribution < -0.4 is 5.56 Å². The molecule has 0 saturated heterocycles. The molecular weight excluding hydrogens is 450 g/mol. The molecule has 2 aromatic carbocycles. The van der Waals surface area contributed by atoms with Crippen LogP contribution in [0.1, 0.15) is 74.4 Å². The Morgan fingerprint density at radius 1 is 1.08 bits per heavy atom. The molecule has 1 N–H and O–H groups in total. The first-order valence-electron chi connectivity index (χ1n) is 12.9. The van der Waals surface area contributed by atoms with Crippen molar-refractivity contribution in [3.05, 3.63) is 87.5 Å². The van der Waals surface area contributed by atoms with Crippen LogP contribution in [0.3, 0.4) is 0 Å². The Bertz CT molecular complexity index is 1460. The molecule has 1 aliphatic rings. The van der Waals surface area contributed by atoms with E-state index >= 15 is 0 Å². The van der Waals surface area contributed by atoms with Crippen LogP contribution in [0.25, 0.3) is 22.3 Å². The predicted octanol–water partition coefficient (Wildman–Crippen LogP) is 5.95. The molecule has 0 aliphatic carbocycles. The highest BCUT2D eigenvalue weighted by Gasteiger charge is 2.32. The van der Waals surface area contributed by atoms with E-state index in [1.807, 2.05) is 49.4 Å². The van der Waals surface area contributed by atoms with Crippen LogP contribution in [0.15, 0.2) is 59.4 Å². The predicted molar refractivity (Wildman–Crippen MR) is 143 cm³/mol. The Labute approximate surface area is 211 Å². The van der Waals surface area contributed by atoms with Crippen LogP contribution in [0, 0.1) is 0 Å². The second-order valence-corrected chi connectivity index (χ2v) is 10.1. The van der Waals surface area contributed by atoms with Crippen molar-refractivity contribution in [3.63, 3.8) is 0 Å². The van der Waals surface area contributed by atoms with Crippen LogP contribution in [0.4, 0.5) is 0 Å². The third-order valence-electron chi connectivity index (χ3n) is 7.32. The van der Waals surface area contributed by atoms with Gasteiger partial charge >= 0.3 is 5.97 Å². The smallest absolute Gasteiger partial charge is 0.311 e. The van der Waals surface area contributed by atoms with Gasteiger partial charge in [-0.25, -0.2) is 4.98 Å². The molecule has 0 amide bonds. The molecule has 0 radical (unpaired) electrons. The molecule has 2 aromatic heterocycles. The van der Waals surface area contributed by atoms with Gasteiger partial charge in [-0.3, -0.25) is 14.2 Å². The van der Waals surface area contributed by atoms with Crippen molar-refractivity contribution in [2.24, 2.45) is 0 Å². The van der Waals surface area contributed by atoms with Crippen molar-refractivity contribution in [1.82, 2.24) is 14.1 Å². The summed E-state index contributed by atoms with van der Waals surface area (Å²) in [4.78, 5) is 31.8. The summed E-state index contributed by atoms with van der Waals surface area (Å²) in [6.45, 7) is 7.43. The number of hydrogen-bond donors (Lipinski definition) is 1. The third kappa shape index (κ3) is 4.15. The summed E-state index contributed by atoms with van der Waals surface area (Å²) in [7, 11) is 0. The zero-order valence-electron chi connectivity index (χ0n) is 21.2. The molecule has 4 aromatic rings. The van der Waals surface area contributed by atoms with Gasteiger partial charge in [0.05, 0.1) is 18.0 Å². The molecule has 0 saturated carbocycles. The third-order valence-corrected chi connectivity index (χ3v) is 7.32. The summed E-state index contributed by atoms with van der Waals surface area (Å²) >= 11 is 0. The van der Waals surface area contributed by atoms with Gasteiger partial charge in [-0.05, 0) is 35.4 Å². The monoisotopic (exact) mass is 483 g/mol. The zero-order valence-corrected chi connectivity index (χ0v) is 21.2. The molecule has 0 spiro atoms. The number of aryl methyl sites for hydroxylation is 2. The molecule has 0 fully saturated rings. The minimum atomic E-state index is -0.958. The topological polar surface area (TPSA) is 77.1 Å². The van der Waals surface area contributed by atoms with E-state index in [4.69, 9.17) is 4.98 Å². The average Bonchev–Trinajstić information content (AvgIpc) is 3.47. The molecule has 0 bridgehead atoms. The minimum Gasteiger partial charge on any atom is -0.481 e. The van der Waals surface area contributed by atoms with Crippen LogP contribution in [0.2, 0.25) is 0 Å². The number of fused-ring (bicyclic) bond motifs is 3. The Hall–Kier alpha value is -3.67. The van der Waals surface area contributed by atoms with Gasteiger partial charge in [0.25, 0.3) is 5.56 Å². The first-order chi connectivity index (χ1) is 17.4. The van der Waals surface area contributed by atoms with Gasteiger partial charge in [0.2, 0.25) is 0 Å². The van der Waals surface area contributed by atoms with Crippen molar-refractivity contribution in [2.75, 3.05) is 0 Å². The van der Waals surface area contributed by atoms with E-state index in [1.165, 1.54) is 5.56 Å². The summed E-state index contributed by atoms with van der Waals surface area (Å²) in [5.41, 5.74) is 5.44. The second kappa shape index (κ2) is 9.76. The largest absolute Gasteiger partial charge is 0.481 e. The molecule has 1 unspecified atom stereocenters. The molecule has 36 heavy (non-hydrogen) atoms. The summed E-state index contributed by atoms with van der Waals surface area (Å²) < 4.78 is 3.90. The van der Waals surface area contributed by atoms with Crippen molar-refractivity contribution in [2.45, 2.75) is 71.4 Å². The number of pyridine rings is 1. The van der Waals surface area contributed by atoms with Gasteiger partial charge < -0.3 is 9.67 Å². The minimum absolute atomic E-state index is 0.257. The van der Waals surface area contributed by atoms with Gasteiger partial charge in [-0.2, -0.15) is 0 Å². The number of aliphatic carboxylic acids is 1. The fourth-order valence-electron chi connectivity index (χ4n) is 5.47. The molecule has 6 heteroatoms. The molecule has 1 aliphatic heterocycles. The fraction of sp³-hybridized carbons (Fsp3) is 0.367. The van der Waals surface area contributed by atoms with Crippen molar-refractivity contribution in [3.8, 4) is 11.1 Å².